The van der Waals surface area contributed by atoms with Gasteiger partial charge in [0.1, 0.15) is 0 Å². The fourth-order valence-electron chi connectivity index (χ4n) is 5.57. The molecule has 0 saturated heterocycles. The van der Waals surface area contributed by atoms with Gasteiger partial charge in [-0.3, -0.25) is 9.69 Å². The minimum atomic E-state index is -0.854. The fraction of sp³-hybridized carbons (Fsp3) is 0.636. The lowest BCUT2D eigenvalue weighted by Crippen LogP contribution is -2.51. The topological polar surface area (TPSA) is 67.9 Å². The average Bonchev–Trinajstić information content (AvgIpc) is 3.03. The standard InChI is InChI=1S/C22H31N3O2/c1-14(2)11-15-5-6-16-13-21(9-7-17(27-4)8-10-21)22(18(16)12-15)19(26)25(3)20(23)24-22/h5-6,12,14,17H,7-11,13H2,1-4H3,(H2,23,24). The van der Waals surface area contributed by atoms with Crippen molar-refractivity contribution in [2.24, 2.45) is 22.1 Å². The van der Waals surface area contributed by atoms with Crippen LogP contribution in [0.2, 0.25) is 0 Å². The van der Waals surface area contributed by atoms with E-state index in [9.17, 15) is 4.79 Å². The van der Waals surface area contributed by atoms with Gasteiger partial charge in [-0.05, 0) is 61.1 Å². The summed E-state index contributed by atoms with van der Waals surface area (Å²) in [6.45, 7) is 4.45. The monoisotopic (exact) mass is 369 g/mol. The van der Waals surface area contributed by atoms with Gasteiger partial charge in [-0.1, -0.05) is 32.0 Å². The largest absolute Gasteiger partial charge is 0.381 e. The molecular formula is C22H31N3O2. The molecule has 4 rings (SSSR count). The third kappa shape index (κ3) is 2.54. The fourth-order valence-corrected chi connectivity index (χ4v) is 5.57. The van der Waals surface area contributed by atoms with Gasteiger partial charge in [0.25, 0.3) is 5.91 Å². The first-order chi connectivity index (χ1) is 12.8. The van der Waals surface area contributed by atoms with Crippen LogP contribution in [0.1, 0.15) is 56.2 Å². The lowest BCUT2D eigenvalue weighted by atomic mass is 9.61. The van der Waals surface area contributed by atoms with Gasteiger partial charge < -0.3 is 10.5 Å². The molecule has 1 aromatic carbocycles. The number of hydrogen-bond acceptors (Lipinski definition) is 4. The Bertz CT molecular complexity index is 793. The zero-order valence-corrected chi connectivity index (χ0v) is 16.9. The predicted octanol–water partition coefficient (Wildman–Crippen LogP) is 3.00. The number of fused-ring (bicyclic) bond motifs is 3. The lowest BCUT2D eigenvalue weighted by Gasteiger charge is -2.45. The van der Waals surface area contributed by atoms with Gasteiger partial charge in [-0.2, -0.15) is 0 Å². The lowest BCUT2D eigenvalue weighted by molar-refractivity contribution is -0.137. The predicted molar refractivity (Wildman–Crippen MR) is 106 cm³/mol. The van der Waals surface area contributed by atoms with Crippen molar-refractivity contribution in [2.75, 3.05) is 14.2 Å². The van der Waals surface area contributed by atoms with E-state index in [1.807, 2.05) is 0 Å². The highest BCUT2D eigenvalue weighted by molar-refractivity contribution is 6.08. The van der Waals surface area contributed by atoms with Gasteiger partial charge in [0.05, 0.1) is 6.10 Å². The summed E-state index contributed by atoms with van der Waals surface area (Å²) < 4.78 is 5.60. The molecule has 0 aromatic heterocycles. The maximum atomic E-state index is 13.6. The van der Waals surface area contributed by atoms with Gasteiger partial charge in [-0.15, -0.1) is 0 Å². The molecule has 1 fully saturated rings. The van der Waals surface area contributed by atoms with Crippen molar-refractivity contribution in [2.45, 2.75) is 64.0 Å². The number of aliphatic imine (C=N–C) groups is 1. The SMILES string of the molecule is COC1CCC2(CC1)Cc1ccc(CC(C)C)cc1C21N=C(N)N(C)C1=O. The normalized spacial score (nSPS) is 32.6. The summed E-state index contributed by atoms with van der Waals surface area (Å²) in [5, 5.41) is 0. The Morgan fingerprint density at radius 3 is 2.59 bits per heavy atom. The Hall–Kier alpha value is -1.88. The summed E-state index contributed by atoms with van der Waals surface area (Å²) >= 11 is 0. The second-order valence-corrected chi connectivity index (χ2v) is 9.03. The molecule has 5 nitrogen and oxygen atoms in total. The number of benzene rings is 1. The van der Waals surface area contributed by atoms with Crippen LogP contribution in [0.5, 0.6) is 0 Å². The zero-order valence-electron chi connectivity index (χ0n) is 16.9. The molecule has 1 atom stereocenters. The number of carbonyl (C=O) groups is 1. The van der Waals surface area contributed by atoms with Crippen molar-refractivity contribution in [3.63, 3.8) is 0 Å². The maximum absolute atomic E-state index is 13.6. The molecule has 1 amide bonds. The minimum Gasteiger partial charge on any atom is -0.381 e. The van der Waals surface area contributed by atoms with E-state index in [1.54, 1.807) is 19.1 Å². The summed E-state index contributed by atoms with van der Waals surface area (Å²) in [5.74, 6) is 0.952. The Morgan fingerprint density at radius 1 is 1.33 bits per heavy atom. The van der Waals surface area contributed by atoms with E-state index in [0.29, 0.717) is 11.9 Å². The summed E-state index contributed by atoms with van der Waals surface area (Å²) in [4.78, 5) is 20.0. The maximum Gasteiger partial charge on any atom is 0.262 e. The molecule has 1 aliphatic heterocycles. The van der Waals surface area contributed by atoms with Crippen LogP contribution in [-0.2, 0) is 27.9 Å². The molecule has 0 radical (unpaired) electrons. The van der Waals surface area contributed by atoms with Gasteiger partial charge in [0, 0.05) is 19.6 Å². The number of rotatable bonds is 3. The Morgan fingerprint density at radius 2 is 2.04 bits per heavy atom. The highest BCUT2D eigenvalue weighted by Gasteiger charge is 2.66. The number of methoxy groups -OCH3 is 1. The van der Waals surface area contributed by atoms with Crippen molar-refractivity contribution in [1.29, 1.82) is 0 Å². The molecular weight excluding hydrogens is 338 g/mol. The minimum absolute atomic E-state index is 0.0383. The van der Waals surface area contributed by atoms with Crippen LogP contribution in [0.3, 0.4) is 0 Å². The van der Waals surface area contributed by atoms with E-state index in [1.165, 1.54) is 11.1 Å². The third-order valence-electron chi connectivity index (χ3n) is 6.97. The van der Waals surface area contributed by atoms with Gasteiger partial charge in [-0.25, -0.2) is 4.99 Å². The number of guanidine groups is 1. The van der Waals surface area contributed by atoms with Crippen LogP contribution in [-0.4, -0.2) is 37.0 Å². The first-order valence-corrected chi connectivity index (χ1v) is 10.1. The second kappa shape index (κ2) is 6.33. The molecule has 2 aliphatic carbocycles. The molecule has 27 heavy (non-hydrogen) atoms. The molecule has 146 valence electrons. The van der Waals surface area contributed by atoms with Crippen molar-refractivity contribution in [1.82, 2.24) is 4.90 Å². The van der Waals surface area contributed by atoms with Crippen molar-refractivity contribution in [3.05, 3.63) is 34.9 Å². The molecule has 2 spiro atoms. The van der Waals surface area contributed by atoms with Crippen LogP contribution >= 0.6 is 0 Å². The van der Waals surface area contributed by atoms with Crippen LogP contribution in [0, 0.1) is 11.3 Å². The van der Waals surface area contributed by atoms with E-state index in [-0.39, 0.29) is 17.4 Å². The van der Waals surface area contributed by atoms with Crippen LogP contribution in [0.25, 0.3) is 0 Å². The van der Waals surface area contributed by atoms with Crippen LogP contribution < -0.4 is 5.73 Å². The van der Waals surface area contributed by atoms with Crippen molar-refractivity contribution < 1.29 is 9.53 Å². The summed E-state index contributed by atoms with van der Waals surface area (Å²) in [5.41, 5.74) is 8.77. The summed E-state index contributed by atoms with van der Waals surface area (Å²) in [7, 11) is 3.53. The number of nitrogens with zero attached hydrogens (tertiary/aromatic N) is 2. The number of amides is 1. The van der Waals surface area contributed by atoms with Crippen LogP contribution in [0.4, 0.5) is 0 Å². The summed E-state index contributed by atoms with van der Waals surface area (Å²) in [6, 6.07) is 6.69. The molecule has 2 N–H and O–H groups in total. The first kappa shape index (κ1) is 18.5. The number of nitrogens with two attached hydrogens (primary N) is 1. The Labute approximate surface area is 162 Å². The van der Waals surface area contributed by atoms with Crippen LogP contribution in [0.15, 0.2) is 23.2 Å². The zero-order chi connectivity index (χ0) is 19.4. The molecule has 5 heteroatoms. The van der Waals surface area contributed by atoms with Crippen molar-refractivity contribution in [3.8, 4) is 0 Å². The Kier molecular flexibility index (Phi) is 4.34. The van der Waals surface area contributed by atoms with Gasteiger partial charge in [0.2, 0.25) is 0 Å². The van der Waals surface area contributed by atoms with E-state index in [0.717, 1.165) is 44.1 Å². The van der Waals surface area contributed by atoms with E-state index < -0.39 is 5.54 Å². The molecule has 1 heterocycles. The second-order valence-electron chi connectivity index (χ2n) is 9.03. The molecule has 3 aliphatic rings. The molecule has 1 aromatic rings. The van der Waals surface area contributed by atoms with E-state index in [2.05, 4.69) is 32.0 Å². The van der Waals surface area contributed by atoms with E-state index in [4.69, 9.17) is 15.5 Å². The third-order valence-corrected chi connectivity index (χ3v) is 6.97. The first-order valence-electron chi connectivity index (χ1n) is 10.1. The van der Waals surface area contributed by atoms with Crippen molar-refractivity contribution >= 4 is 11.9 Å². The number of likely N-dealkylation sites (N-methyl/N-ethyl adjacent to an activating group) is 1. The van der Waals surface area contributed by atoms with Gasteiger partial charge >= 0.3 is 0 Å². The van der Waals surface area contributed by atoms with Gasteiger partial charge in [0.15, 0.2) is 11.5 Å². The molecule has 1 unspecified atom stereocenters. The number of hydrogen-bond donors (Lipinski definition) is 1. The highest BCUT2D eigenvalue weighted by Crippen LogP contribution is 2.61. The summed E-state index contributed by atoms with van der Waals surface area (Å²) in [6.07, 6.45) is 6.01. The smallest absolute Gasteiger partial charge is 0.262 e. The number of carbonyl (C=O) groups excluding carboxylic acids is 1. The highest BCUT2D eigenvalue weighted by atomic mass is 16.5. The molecule has 1 saturated carbocycles. The van der Waals surface area contributed by atoms with E-state index >= 15 is 0 Å². The number of ether oxygens (including phenoxy) is 1. The average molecular weight is 370 g/mol. The quantitative estimate of drug-likeness (QED) is 0.890. The Balaban J connectivity index is 1.84. The molecule has 0 bridgehead atoms.